The van der Waals surface area contributed by atoms with Gasteiger partial charge < -0.3 is 5.32 Å². The molecule has 0 aliphatic carbocycles. The lowest BCUT2D eigenvalue weighted by atomic mass is 10.2. The Bertz CT molecular complexity index is 350. The molecular formula is C8H7ClF3NOS. The third-order valence-electron chi connectivity index (χ3n) is 1.64. The van der Waals surface area contributed by atoms with Crippen molar-refractivity contribution in [1.82, 2.24) is 5.32 Å². The van der Waals surface area contributed by atoms with E-state index in [9.17, 15) is 18.0 Å². The first-order valence-electron chi connectivity index (χ1n) is 3.90. The molecule has 0 spiro atoms. The molecule has 84 valence electrons. The summed E-state index contributed by atoms with van der Waals surface area (Å²) in [6.45, 7) is -0.149. The van der Waals surface area contributed by atoms with Crippen LogP contribution in [0.2, 0.25) is 0 Å². The fourth-order valence-electron chi connectivity index (χ4n) is 0.950. The van der Waals surface area contributed by atoms with Crippen molar-refractivity contribution in [3.63, 3.8) is 0 Å². The number of hydrogen-bond donors (Lipinski definition) is 1. The van der Waals surface area contributed by atoms with Gasteiger partial charge in [0.25, 0.3) is 0 Å². The second-order valence-electron chi connectivity index (χ2n) is 2.72. The molecule has 0 aliphatic heterocycles. The van der Waals surface area contributed by atoms with Gasteiger partial charge in [0.2, 0.25) is 5.91 Å². The maximum atomic E-state index is 12.4. The minimum absolute atomic E-state index is 0.0611. The summed E-state index contributed by atoms with van der Waals surface area (Å²) in [4.78, 5) is 10.7. The highest BCUT2D eigenvalue weighted by Gasteiger charge is 2.33. The van der Waals surface area contributed by atoms with E-state index in [4.69, 9.17) is 11.6 Å². The molecule has 0 bridgehead atoms. The molecule has 1 rings (SSSR count). The summed E-state index contributed by atoms with van der Waals surface area (Å²) in [5.74, 6) is -0.748. The molecule has 1 aromatic rings. The van der Waals surface area contributed by atoms with Crippen molar-refractivity contribution in [2.75, 3.05) is 5.88 Å². The van der Waals surface area contributed by atoms with Crippen molar-refractivity contribution in [3.8, 4) is 0 Å². The van der Waals surface area contributed by atoms with E-state index in [0.717, 1.165) is 16.7 Å². The number of carbonyl (C=O) groups excluding carboxylic acids is 1. The Morgan fingerprint density at radius 1 is 1.47 bits per heavy atom. The van der Waals surface area contributed by atoms with Gasteiger partial charge >= 0.3 is 6.18 Å². The molecule has 0 unspecified atom stereocenters. The molecule has 1 heterocycles. The van der Waals surface area contributed by atoms with Gasteiger partial charge in [0.05, 0.1) is 5.56 Å². The number of alkyl halides is 4. The molecule has 0 aromatic carbocycles. The molecular weight excluding hydrogens is 251 g/mol. The van der Waals surface area contributed by atoms with E-state index < -0.39 is 17.6 Å². The molecule has 0 saturated heterocycles. The minimum atomic E-state index is -4.37. The van der Waals surface area contributed by atoms with Crippen LogP contribution in [0.4, 0.5) is 13.2 Å². The molecule has 0 radical (unpaired) electrons. The van der Waals surface area contributed by atoms with E-state index in [2.05, 4.69) is 5.32 Å². The zero-order valence-corrected chi connectivity index (χ0v) is 8.97. The van der Waals surface area contributed by atoms with Crippen LogP contribution < -0.4 is 5.32 Å². The van der Waals surface area contributed by atoms with Gasteiger partial charge in [-0.05, 0) is 10.9 Å². The Kier molecular flexibility index (Phi) is 3.98. The fourth-order valence-corrected chi connectivity index (χ4v) is 1.91. The molecule has 0 saturated carbocycles. The second kappa shape index (κ2) is 4.85. The van der Waals surface area contributed by atoms with Crippen molar-refractivity contribution in [2.45, 2.75) is 12.7 Å². The van der Waals surface area contributed by atoms with Crippen LogP contribution in [0.3, 0.4) is 0 Å². The van der Waals surface area contributed by atoms with E-state index in [1.54, 1.807) is 0 Å². The number of amides is 1. The van der Waals surface area contributed by atoms with Gasteiger partial charge in [-0.2, -0.15) is 24.5 Å². The van der Waals surface area contributed by atoms with E-state index in [1.165, 1.54) is 5.38 Å². The first kappa shape index (κ1) is 12.3. The fraction of sp³-hybridized carbons (Fsp3) is 0.375. The molecule has 0 atom stereocenters. The van der Waals surface area contributed by atoms with E-state index in [-0.39, 0.29) is 18.0 Å². The average molecular weight is 258 g/mol. The molecule has 1 amide bonds. The Labute approximate surface area is 93.0 Å². The standard InChI is InChI=1S/C8H7ClF3NOS/c9-1-7(14)13-2-5-3-15-4-6(5)8(10,11)12/h3-4H,1-2H2,(H,13,14). The third-order valence-corrected chi connectivity index (χ3v) is 2.68. The van der Waals surface area contributed by atoms with Crippen molar-refractivity contribution in [2.24, 2.45) is 0 Å². The third kappa shape index (κ3) is 3.39. The van der Waals surface area contributed by atoms with Crippen LogP contribution in [-0.2, 0) is 17.5 Å². The lowest BCUT2D eigenvalue weighted by Crippen LogP contribution is -2.24. The van der Waals surface area contributed by atoms with Crippen LogP contribution in [0.15, 0.2) is 10.8 Å². The Hall–Kier alpha value is -0.750. The Balaban J connectivity index is 2.70. The van der Waals surface area contributed by atoms with Crippen LogP contribution in [0.5, 0.6) is 0 Å². The number of nitrogens with one attached hydrogen (secondary N) is 1. The largest absolute Gasteiger partial charge is 0.417 e. The normalized spacial score (nSPS) is 11.5. The first-order valence-corrected chi connectivity index (χ1v) is 5.38. The molecule has 7 heteroatoms. The Morgan fingerprint density at radius 2 is 2.13 bits per heavy atom. The number of thiophene rings is 1. The SMILES string of the molecule is O=C(CCl)NCc1cscc1C(F)(F)F. The smallest absolute Gasteiger partial charge is 0.351 e. The molecule has 15 heavy (non-hydrogen) atoms. The maximum absolute atomic E-state index is 12.4. The molecule has 1 aromatic heterocycles. The molecule has 0 aliphatic rings. The van der Waals surface area contributed by atoms with Crippen LogP contribution in [-0.4, -0.2) is 11.8 Å². The van der Waals surface area contributed by atoms with Crippen LogP contribution in [0, 0.1) is 0 Å². The monoisotopic (exact) mass is 257 g/mol. The summed E-state index contributed by atoms with van der Waals surface area (Å²) in [6, 6.07) is 0. The van der Waals surface area contributed by atoms with E-state index in [1.807, 2.05) is 0 Å². The van der Waals surface area contributed by atoms with E-state index >= 15 is 0 Å². The lowest BCUT2D eigenvalue weighted by Gasteiger charge is -2.08. The summed E-state index contributed by atoms with van der Waals surface area (Å²) < 4.78 is 37.1. The minimum Gasteiger partial charge on any atom is -0.351 e. The lowest BCUT2D eigenvalue weighted by molar-refractivity contribution is -0.138. The zero-order valence-electron chi connectivity index (χ0n) is 7.40. The number of halogens is 4. The summed E-state index contributed by atoms with van der Waals surface area (Å²) in [5.41, 5.74) is -0.645. The van der Waals surface area contributed by atoms with Gasteiger partial charge in [0, 0.05) is 11.9 Å². The molecule has 1 N–H and O–H groups in total. The quantitative estimate of drug-likeness (QED) is 0.829. The number of hydrogen-bond acceptors (Lipinski definition) is 2. The van der Waals surface area contributed by atoms with Crippen LogP contribution in [0.1, 0.15) is 11.1 Å². The predicted octanol–water partition coefficient (Wildman–Crippen LogP) is 2.62. The van der Waals surface area contributed by atoms with Crippen molar-refractivity contribution in [3.05, 3.63) is 21.9 Å². The van der Waals surface area contributed by atoms with Gasteiger partial charge in [-0.15, -0.1) is 11.6 Å². The molecule has 2 nitrogen and oxygen atoms in total. The van der Waals surface area contributed by atoms with Gasteiger partial charge in [0.15, 0.2) is 0 Å². The van der Waals surface area contributed by atoms with E-state index in [0.29, 0.717) is 0 Å². The number of rotatable bonds is 3. The van der Waals surface area contributed by atoms with Gasteiger partial charge in [-0.3, -0.25) is 4.79 Å². The number of carbonyl (C=O) groups is 1. The highest BCUT2D eigenvalue weighted by molar-refractivity contribution is 7.08. The highest BCUT2D eigenvalue weighted by Crippen LogP contribution is 2.34. The van der Waals surface area contributed by atoms with Crippen LogP contribution in [0.25, 0.3) is 0 Å². The summed E-state index contributed by atoms with van der Waals surface area (Å²) in [6.07, 6.45) is -4.37. The predicted molar refractivity (Wildman–Crippen MR) is 51.9 cm³/mol. The van der Waals surface area contributed by atoms with Crippen molar-refractivity contribution >= 4 is 28.8 Å². The molecule has 0 fully saturated rings. The van der Waals surface area contributed by atoms with Gasteiger partial charge in [0.1, 0.15) is 5.88 Å². The van der Waals surface area contributed by atoms with Gasteiger partial charge in [-0.25, -0.2) is 0 Å². The summed E-state index contributed by atoms with van der Waals surface area (Å²) in [5, 5.41) is 4.66. The summed E-state index contributed by atoms with van der Waals surface area (Å²) >= 11 is 6.14. The second-order valence-corrected chi connectivity index (χ2v) is 3.73. The van der Waals surface area contributed by atoms with Crippen LogP contribution >= 0.6 is 22.9 Å². The first-order chi connectivity index (χ1) is 6.95. The average Bonchev–Trinajstić information content (AvgIpc) is 2.61. The Morgan fingerprint density at radius 3 is 2.67 bits per heavy atom. The maximum Gasteiger partial charge on any atom is 0.417 e. The summed E-state index contributed by atoms with van der Waals surface area (Å²) in [7, 11) is 0. The van der Waals surface area contributed by atoms with Crippen molar-refractivity contribution in [1.29, 1.82) is 0 Å². The van der Waals surface area contributed by atoms with Crippen molar-refractivity contribution < 1.29 is 18.0 Å². The van der Waals surface area contributed by atoms with Gasteiger partial charge in [-0.1, -0.05) is 0 Å². The zero-order chi connectivity index (χ0) is 11.5. The highest BCUT2D eigenvalue weighted by atomic mass is 35.5. The topological polar surface area (TPSA) is 29.1 Å².